The summed E-state index contributed by atoms with van der Waals surface area (Å²) in [5.41, 5.74) is -0.736. The van der Waals surface area contributed by atoms with Gasteiger partial charge in [0.25, 0.3) is 0 Å². The van der Waals surface area contributed by atoms with Gasteiger partial charge in [0, 0.05) is 26.2 Å². The highest BCUT2D eigenvalue weighted by atomic mass is 28.4. The van der Waals surface area contributed by atoms with Gasteiger partial charge < -0.3 is 28.1 Å². The third-order valence-electron chi connectivity index (χ3n) is 10.1. The molecule has 252 valence electrons. The monoisotopic (exact) mass is 677 g/mol. The van der Waals surface area contributed by atoms with Crippen LogP contribution >= 0.6 is 0 Å². The molecule has 0 N–H and O–H groups in total. The summed E-state index contributed by atoms with van der Waals surface area (Å²) in [7, 11) is -0.692. The van der Waals surface area contributed by atoms with Gasteiger partial charge in [-0.2, -0.15) is 0 Å². The summed E-state index contributed by atoms with van der Waals surface area (Å²) in [6.07, 6.45) is 2.69. The van der Waals surface area contributed by atoms with E-state index in [4.69, 9.17) is 28.1 Å². The first-order valence-corrected chi connectivity index (χ1v) is 22.7. The molecule has 1 aromatic rings. The molecule has 4 aliphatic rings. The number of carbonyl (C=O) groups is 2. The quantitative estimate of drug-likeness (QED) is 0.0722. The van der Waals surface area contributed by atoms with Crippen LogP contribution in [0.2, 0.25) is 43.8 Å². The van der Waals surface area contributed by atoms with Crippen molar-refractivity contribution in [1.82, 2.24) is 0 Å². The smallest absolute Gasteiger partial charge is 0.415 e. The lowest BCUT2D eigenvalue weighted by atomic mass is 9.59. The normalized spacial score (nSPS) is 27.9. The number of allylic oxidation sites excluding steroid dienone is 2. The first kappa shape index (κ1) is 34.8. The van der Waals surface area contributed by atoms with Crippen LogP contribution in [0.3, 0.4) is 0 Å². The molecule has 0 unspecified atom stereocenters. The highest BCUT2D eigenvalue weighted by molar-refractivity contribution is 6.76. The molecule has 1 fully saturated rings. The molecule has 9 nitrogen and oxygen atoms in total. The van der Waals surface area contributed by atoms with Crippen LogP contribution in [-0.2, 0) is 34.1 Å². The van der Waals surface area contributed by atoms with Crippen LogP contribution in [-0.4, -0.2) is 67.7 Å². The lowest BCUT2D eigenvalue weighted by Gasteiger charge is -2.46. The van der Waals surface area contributed by atoms with E-state index in [1.54, 1.807) is 12.2 Å². The Morgan fingerprint density at radius 3 is 2.34 bits per heavy atom. The maximum atomic E-state index is 13.9. The molecule has 0 aromatic heterocycles. The van der Waals surface area contributed by atoms with Gasteiger partial charge in [-0.3, -0.25) is 4.90 Å². The van der Waals surface area contributed by atoms with Gasteiger partial charge in [0.15, 0.2) is 6.79 Å². The van der Waals surface area contributed by atoms with Crippen LogP contribution in [0.1, 0.15) is 33.3 Å². The van der Waals surface area contributed by atoms with Crippen LogP contribution < -0.4 is 9.33 Å². The lowest BCUT2D eigenvalue weighted by Crippen LogP contribution is -2.61. The molecular formula is C36H47NO8Si2. The number of benzene rings is 1. The number of ether oxygens (including phenoxy) is 5. The number of methoxy groups -OCH3 is 2. The fraction of sp³-hybridized carbons (Fsp3) is 0.556. The summed E-state index contributed by atoms with van der Waals surface area (Å²) in [6.45, 7) is 19.9. The Morgan fingerprint density at radius 1 is 1.04 bits per heavy atom. The van der Waals surface area contributed by atoms with Crippen molar-refractivity contribution < 1.29 is 37.7 Å². The molecular weight excluding hydrogens is 631 g/mol. The summed E-state index contributed by atoms with van der Waals surface area (Å²) in [5.74, 6) is 11.8. The predicted molar refractivity (Wildman–Crippen MR) is 185 cm³/mol. The van der Waals surface area contributed by atoms with Gasteiger partial charge >= 0.3 is 12.1 Å². The van der Waals surface area contributed by atoms with E-state index in [1.165, 1.54) is 19.1 Å². The minimum absolute atomic E-state index is 0.0456. The molecule has 2 aliphatic heterocycles. The van der Waals surface area contributed by atoms with E-state index in [1.807, 2.05) is 25.1 Å². The first-order chi connectivity index (χ1) is 22.0. The average Bonchev–Trinajstić information content (AvgIpc) is 3.71. The third-order valence-corrected chi connectivity index (χ3v) is 16.2. The Hall–Kier alpha value is -3.49. The van der Waals surface area contributed by atoms with E-state index in [9.17, 15) is 9.59 Å². The molecule has 47 heavy (non-hydrogen) atoms. The number of fused-ring (bicyclic) bond motifs is 1. The number of nitrogens with zero attached hydrogens (tertiary/aromatic N) is 1. The molecule has 1 aromatic carbocycles. The average molecular weight is 678 g/mol. The van der Waals surface area contributed by atoms with Gasteiger partial charge in [0.2, 0.25) is 8.32 Å². The molecule has 0 spiro atoms. The molecule has 11 heteroatoms. The summed E-state index contributed by atoms with van der Waals surface area (Å²) >= 11 is 0. The fourth-order valence-electron chi connectivity index (χ4n) is 6.58. The molecule has 5 atom stereocenters. The van der Waals surface area contributed by atoms with Gasteiger partial charge in [0.05, 0.1) is 25.5 Å². The summed E-state index contributed by atoms with van der Waals surface area (Å²) in [4.78, 5) is 29.1. The maximum Gasteiger partial charge on any atom is 0.415 e. The third kappa shape index (κ3) is 5.71. The van der Waals surface area contributed by atoms with Crippen molar-refractivity contribution in [3.63, 3.8) is 0 Å². The van der Waals surface area contributed by atoms with E-state index in [2.05, 4.69) is 77.2 Å². The van der Waals surface area contributed by atoms with E-state index in [-0.39, 0.29) is 17.4 Å². The second kappa shape index (κ2) is 12.2. The van der Waals surface area contributed by atoms with Crippen molar-refractivity contribution in [2.24, 2.45) is 11.8 Å². The second-order valence-electron chi connectivity index (χ2n) is 15.2. The van der Waals surface area contributed by atoms with E-state index in [0.29, 0.717) is 29.4 Å². The van der Waals surface area contributed by atoms with Crippen molar-refractivity contribution in [2.75, 3.05) is 32.5 Å². The highest BCUT2D eigenvalue weighted by Gasteiger charge is 2.86. The molecule has 1 amide bonds. The lowest BCUT2D eigenvalue weighted by molar-refractivity contribution is -0.152. The predicted octanol–water partition coefficient (Wildman–Crippen LogP) is 6.59. The molecule has 2 heterocycles. The summed E-state index contributed by atoms with van der Waals surface area (Å²) in [6, 6.07) is 5.80. The van der Waals surface area contributed by atoms with Gasteiger partial charge in [-0.25, -0.2) is 9.59 Å². The number of esters is 1. The van der Waals surface area contributed by atoms with Crippen molar-refractivity contribution in [1.29, 1.82) is 0 Å². The highest BCUT2D eigenvalue weighted by Crippen LogP contribution is 2.75. The first-order valence-electron chi connectivity index (χ1n) is 16.1. The number of anilines is 1. The van der Waals surface area contributed by atoms with Crippen molar-refractivity contribution >= 4 is 34.1 Å². The minimum atomic E-state index is -2.24. The standard InChI is InChI=1S/C36H47NO8Si2/c1-24-30(32(38)43-23-42-20-21-46(7,8)9)31(40-5)26-16-14-12-13-15-17-29-35(24)36(26,45-35)27-22-25(44-47(10,11)34(2,3)4)18-19-28(27)37(29)33(39)41-6/h12-13,18-19,22,24,26,29H,20-21,23H2,1-11H3/b13-12-/t24-,26-,29-,35-,36+/m0/s1. The number of hydrogen-bond donors (Lipinski definition) is 0. The molecule has 2 aliphatic carbocycles. The Labute approximate surface area is 281 Å². The zero-order valence-electron chi connectivity index (χ0n) is 29.5. The SMILES string of the molecule is COC(=O)N1c2ccc(O[Si](C)(C)C(C)(C)C)cc2[C@@]23O[C@@]24[C@@H]1C#C/C=C\C#C[C@H]3C(OC)=C(C(=O)OCOCC[Si](C)(C)C)[C@@H]4C. The molecule has 0 radical (unpaired) electrons. The van der Waals surface area contributed by atoms with Crippen LogP contribution in [0.15, 0.2) is 41.7 Å². The zero-order chi connectivity index (χ0) is 34.6. The molecule has 4 bridgehead atoms. The largest absolute Gasteiger partial charge is 0.543 e. The van der Waals surface area contributed by atoms with Crippen molar-refractivity contribution in [3.05, 3.63) is 47.2 Å². The second-order valence-corrected chi connectivity index (χ2v) is 25.6. The minimum Gasteiger partial charge on any atom is -0.543 e. The zero-order valence-corrected chi connectivity index (χ0v) is 31.5. The van der Waals surface area contributed by atoms with Crippen LogP contribution in [0, 0.1) is 35.5 Å². The van der Waals surface area contributed by atoms with Gasteiger partial charge in [0.1, 0.15) is 34.7 Å². The summed E-state index contributed by atoms with van der Waals surface area (Å²) in [5, 5.41) is -0.0456. The van der Waals surface area contributed by atoms with Crippen molar-refractivity contribution in [2.45, 2.75) is 88.8 Å². The molecule has 5 rings (SSSR count). The van der Waals surface area contributed by atoms with Crippen molar-refractivity contribution in [3.8, 4) is 29.4 Å². The summed E-state index contributed by atoms with van der Waals surface area (Å²) < 4.78 is 36.5. The van der Waals surface area contributed by atoms with E-state index in [0.717, 1.165) is 6.04 Å². The van der Waals surface area contributed by atoms with Crippen LogP contribution in [0.4, 0.5) is 10.5 Å². The number of carbonyl (C=O) groups excluding carboxylic acids is 2. The van der Waals surface area contributed by atoms with Crippen LogP contribution in [0.25, 0.3) is 0 Å². The van der Waals surface area contributed by atoms with Gasteiger partial charge in [-0.05, 0) is 54.5 Å². The van der Waals surface area contributed by atoms with Gasteiger partial charge in [-0.1, -0.05) is 71.0 Å². The van der Waals surface area contributed by atoms with E-state index >= 15 is 0 Å². The Morgan fingerprint density at radius 2 is 1.72 bits per heavy atom. The topological polar surface area (TPSA) is 96.1 Å². The number of hydrogen-bond acceptors (Lipinski definition) is 8. The van der Waals surface area contributed by atoms with Crippen LogP contribution in [0.5, 0.6) is 5.75 Å². The number of rotatable bonds is 9. The number of epoxide rings is 1. The molecule has 1 saturated heterocycles. The maximum absolute atomic E-state index is 13.9. The fourth-order valence-corrected chi connectivity index (χ4v) is 8.36. The van der Waals surface area contributed by atoms with Gasteiger partial charge in [-0.15, -0.1) is 0 Å². The Bertz CT molecular complexity index is 1650. The number of amides is 1. The Balaban J connectivity index is 1.67. The molecule has 0 saturated carbocycles. The van der Waals surface area contributed by atoms with E-state index < -0.39 is 57.5 Å². The Kier molecular flexibility index (Phi) is 9.04.